The van der Waals surface area contributed by atoms with Crippen LogP contribution in [0.2, 0.25) is 0 Å². The molecule has 1 amide bonds. The summed E-state index contributed by atoms with van der Waals surface area (Å²) in [6.45, 7) is 4.74. The van der Waals surface area contributed by atoms with Gasteiger partial charge < -0.3 is 9.84 Å². The molecule has 0 aliphatic heterocycles. The number of hydrogen-bond donors (Lipinski definition) is 1. The van der Waals surface area contributed by atoms with Crippen molar-refractivity contribution in [3.8, 4) is 0 Å². The van der Waals surface area contributed by atoms with E-state index in [0.29, 0.717) is 6.54 Å². The van der Waals surface area contributed by atoms with Gasteiger partial charge in [-0.25, -0.2) is 0 Å². The van der Waals surface area contributed by atoms with E-state index in [4.69, 9.17) is 4.52 Å². The molecular formula is C12H14N2O2S. The van der Waals surface area contributed by atoms with Crippen LogP contribution in [0, 0.1) is 0 Å². The molecule has 90 valence electrons. The van der Waals surface area contributed by atoms with E-state index in [0.717, 1.165) is 0 Å². The zero-order valence-corrected chi connectivity index (χ0v) is 10.6. The Labute approximate surface area is 104 Å². The van der Waals surface area contributed by atoms with Crippen LogP contribution >= 0.6 is 11.3 Å². The van der Waals surface area contributed by atoms with Gasteiger partial charge >= 0.3 is 0 Å². The first-order valence-corrected chi connectivity index (χ1v) is 6.25. The van der Waals surface area contributed by atoms with E-state index in [1.807, 2.05) is 5.38 Å². The fourth-order valence-corrected chi connectivity index (χ4v) is 2.32. The lowest BCUT2D eigenvalue weighted by Crippen LogP contribution is -2.36. The number of nitrogens with one attached hydrogen (secondary N) is 1. The summed E-state index contributed by atoms with van der Waals surface area (Å²) < 4.78 is 4.79. The summed E-state index contributed by atoms with van der Waals surface area (Å²) in [7, 11) is 0. The Bertz CT molecular complexity index is 475. The number of aromatic nitrogens is 1. The number of carbonyl (C=O) groups excluding carboxylic acids is 1. The third kappa shape index (κ3) is 2.74. The van der Waals surface area contributed by atoms with E-state index < -0.39 is 0 Å². The van der Waals surface area contributed by atoms with Crippen LogP contribution < -0.4 is 5.32 Å². The largest absolute Gasteiger partial charge is 0.351 e. The third-order valence-electron chi connectivity index (χ3n) is 2.66. The summed E-state index contributed by atoms with van der Waals surface area (Å²) in [6.07, 6.45) is 1.46. The molecule has 2 aromatic rings. The fourth-order valence-electron chi connectivity index (χ4n) is 1.47. The first-order chi connectivity index (χ1) is 8.09. The number of carbonyl (C=O) groups is 1. The molecule has 0 aliphatic carbocycles. The molecule has 0 atom stereocenters. The molecule has 1 N–H and O–H groups in total. The molecule has 0 saturated carbocycles. The maximum Gasteiger partial charge on any atom is 0.289 e. The Kier molecular flexibility index (Phi) is 3.28. The summed E-state index contributed by atoms with van der Waals surface area (Å²) in [5, 5.41) is 10.5. The highest BCUT2D eigenvalue weighted by Gasteiger charge is 2.22. The number of amides is 1. The first-order valence-electron chi connectivity index (χ1n) is 5.31. The Morgan fingerprint density at radius 2 is 2.35 bits per heavy atom. The third-order valence-corrected chi connectivity index (χ3v) is 3.34. The molecule has 4 nitrogen and oxygen atoms in total. The number of nitrogens with zero attached hydrogens (tertiary/aromatic N) is 1. The zero-order valence-electron chi connectivity index (χ0n) is 9.77. The molecule has 0 bridgehead atoms. The van der Waals surface area contributed by atoms with Gasteiger partial charge in [-0.05, 0) is 22.4 Å². The van der Waals surface area contributed by atoms with Gasteiger partial charge in [0.15, 0.2) is 0 Å². The summed E-state index contributed by atoms with van der Waals surface area (Å²) in [5.41, 5.74) is 1.13. The second-order valence-corrected chi connectivity index (χ2v) is 5.24. The Morgan fingerprint density at radius 3 is 2.94 bits per heavy atom. The lowest BCUT2D eigenvalue weighted by Gasteiger charge is -2.23. The molecule has 17 heavy (non-hydrogen) atoms. The van der Waals surface area contributed by atoms with Crippen molar-refractivity contribution in [2.24, 2.45) is 0 Å². The second-order valence-electron chi connectivity index (χ2n) is 4.46. The molecule has 0 spiro atoms. The number of rotatable bonds is 4. The Balaban J connectivity index is 1.96. The van der Waals surface area contributed by atoms with Gasteiger partial charge in [-0.1, -0.05) is 19.0 Å². The molecule has 0 aromatic carbocycles. The van der Waals surface area contributed by atoms with Crippen LogP contribution in [0.25, 0.3) is 0 Å². The molecular weight excluding hydrogens is 236 g/mol. The monoisotopic (exact) mass is 250 g/mol. The van der Waals surface area contributed by atoms with Crippen molar-refractivity contribution in [1.82, 2.24) is 10.5 Å². The molecule has 2 rings (SSSR count). The molecule has 0 aliphatic rings. The molecule has 0 unspecified atom stereocenters. The highest BCUT2D eigenvalue weighted by Crippen LogP contribution is 2.24. The van der Waals surface area contributed by atoms with Crippen molar-refractivity contribution in [1.29, 1.82) is 0 Å². The average Bonchev–Trinajstić information content (AvgIpc) is 2.97. The average molecular weight is 250 g/mol. The summed E-state index contributed by atoms with van der Waals surface area (Å²) in [6, 6.07) is 3.62. The SMILES string of the molecule is CC(C)(CNC(=O)c1ccno1)c1ccsc1. The van der Waals surface area contributed by atoms with Gasteiger partial charge in [0.1, 0.15) is 0 Å². The van der Waals surface area contributed by atoms with Crippen molar-refractivity contribution < 1.29 is 9.32 Å². The zero-order chi connectivity index (χ0) is 12.3. The fraction of sp³-hybridized carbons (Fsp3) is 0.333. The highest BCUT2D eigenvalue weighted by atomic mass is 32.1. The van der Waals surface area contributed by atoms with E-state index in [-0.39, 0.29) is 17.1 Å². The highest BCUT2D eigenvalue weighted by molar-refractivity contribution is 7.08. The van der Waals surface area contributed by atoms with Crippen LogP contribution in [0.4, 0.5) is 0 Å². The topological polar surface area (TPSA) is 55.1 Å². The van der Waals surface area contributed by atoms with Crippen LogP contribution in [0.3, 0.4) is 0 Å². The van der Waals surface area contributed by atoms with Crippen molar-refractivity contribution in [3.63, 3.8) is 0 Å². The van der Waals surface area contributed by atoms with Gasteiger partial charge in [-0.3, -0.25) is 4.79 Å². The van der Waals surface area contributed by atoms with Crippen LogP contribution in [0.1, 0.15) is 30.0 Å². The molecule has 2 aromatic heterocycles. The van der Waals surface area contributed by atoms with Crippen molar-refractivity contribution in [3.05, 3.63) is 40.4 Å². The quantitative estimate of drug-likeness (QED) is 0.906. The molecule has 0 fully saturated rings. The number of hydrogen-bond acceptors (Lipinski definition) is 4. The van der Waals surface area contributed by atoms with Crippen LogP contribution in [-0.4, -0.2) is 17.6 Å². The summed E-state index contributed by atoms with van der Waals surface area (Å²) >= 11 is 1.66. The maximum atomic E-state index is 11.7. The lowest BCUT2D eigenvalue weighted by atomic mass is 9.86. The van der Waals surface area contributed by atoms with Gasteiger partial charge in [-0.2, -0.15) is 11.3 Å². The van der Waals surface area contributed by atoms with Crippen molar-refractivity contribution in [2.45, 2.75) is 19.3 Å². The maximum absolute atomic E-state index is 11.7. The van der Waals surface area contributed by atoms with Gasteiger partial charge in [0, 0.05) is 18.0 Å². The van der Waals surface area contributed by atoms with Gasteiger partial charge in [0.2, 0.25) is 5.76 Å². The van der Waals surface area contributed by atoms with E-state index in [1.54, 1.807) is 17.4 Å². The van der Waals surface area contributed by atoms with Crippen LogP contribution in [0.15, 0.2) is 33.6 Å². The second kappa shape index (κ2) is 4.71. The van der Waals surface area contributed by atoms with E-state index in [9.17, 15) is 4.79 Å². The minimum absolute atomic E-state index is 0.0876. The summed E-state index contributed by atoms with van der Waals surface area (Å²) in [4.78, 5) is 11.7. The predicted octanol–water partition coefficient (Wildman–Crippen LogP) is 2.44. The molecule has 0 radical (unpaired) electrons. The van der Waals surface area contributed by atoms with E-state index >= 15 is 0 Å². The Hall–Kier alpha value is -1.62. The van der Waals surface area contributed by atoms with E-state index in [2.05, 4.69) is 35.8 Å². The number of thiophene rings is 1. The van der Waals surface area contributed by atoms with E-state index in [1.165, 1.54) is 11.8 Å². The molecule has 5 heteroatoms. The summed E-state index contributed by atoms with van der Waals surface area (Å²) in [5.74, 6) is 0.0110. The lowest BCUT2D eigenvalue weighted by molar-refractivity contribution is 0.0908. The van der Waals surface area contributed by atoms with Crippen molar-refractivity contribution >= 4 is 17.2 Å². The Morgan fingerprint density at radius 1 is 1.53 bits per heavy atom. The van der Waals surface area contributed by atoms with Crippen LogP contribution in [0.5, 0.6) is 0 Å². The predicted molar refractivity (Wildman–Crippen MR) is 66.2 cm³/mol. The molecule has 0 saturated heterocycles. The minimum atomic E-state index is -0.231. The first kappa shape index (κ1) is 11.9. The standard InChI is InChI=1S/C12H14N2O2S/c1-12(2,9-4-6-17-7-9)8-13-11(15)10-3-5-14-16-10/h3-7H,8H2,1-2H3,(H,13,15). The van der Waals surface area contributed by atoms with Crippen molar-refractivity contribution in [2.75, 3.05) is 6.54 Å². The van der Waals surface area contributed by atoms with Crippen LogP contribution in [-0.2, 0) is 5.41 Å². The molecule has 2 heterocycles. The van der Waals surface area contributed by atoms with Gasteiger partial charge in [-0.15, -0.1) is 0 Å². The van der Waals surface area contributed by atoms with Gasteiger partial charge in [0.25, 0.3) is 5.91 Å². The smallest absolute Gasteiger partial charge is 0.289 e. The normalized spacial score (nSPS) is 11.4. The minimum Gasteiger partial charge on any atom is -0.351 e. The van der Waals surface area contributed by atoms with Gasteiger partial charge in [0.05, 0.1) is 6.20 Å².